The number of amides is 1. The highest BCUT2D eigenvalue weighted by molar-refractivity contribution is 6.05. The van der Waals surface area contributed by atoms with Gasteiger partial charge in [0.25, 0.3) is 0 Å². The molecule has 4 heteroatoms. The average Bonchev–Trinajstić information content (AvgIpc) is 2.21. The molecule has 0 saturated heterocycles. The summed E-state index contributed by atoms with van der Waals surface area (Å²) in [7, 11) is 0. The standard InChI is InChI=1S/C15H21NO3/c1-9-7-6-8-10(2)12(9)16-13(17)11(14(18)19)15(3,4)5/h6-8,11H,1-5H3,(H,16,17)(H,18,19). The number of aliphatic carboxylic acids is 1. The molecule has 0 aromatic heterocycles. The molecule has 0 aliphatic heterocycles. The average molecular weight is 263 g/mol. The second-order valence-electron chi connectivity index (χ2n) is 5.89. The van der Waals surface area contributed by atoms with E-state index in [0.29, 0.717) is 5.69 Å². The fourth-order valence-corrected chi connectivity index (χ4v) is 2.08. The molecule has 1 rings (SSSR count). The van der Waals surface area contributed by atoms with Gasteiger partial charge in [0.2, 0.25) is 5.91 Å². The predicted molar refractivity (Wildman–Crippen MR) is 75.1 cm³/mol. The molecule has 0 aliphatic rings. The molecule has 0 fully saturated rings. The zero-order valence-electron chi connectivity index (χ0n) is 12.1. The minimum Gasteiger partial charge on any atom is -0.481 e. The van der Waals surface area contributed by atoms with E-state index in [1.807, 2.05) is 32.0 Å². The van der Waals surface area contributed by atoms with Gasteiger partial charge in [-0.25, -0.2) is 0 Å². The van der Waals surface area contributed by atoms with Crippen molar-refractivity contribution < 1.29 is 14.7 Å². The first kappa shape index (κ1) is 15.2. The molecule has 0 spiro atoms. The second kappa shape index (κ2) is 5.43. The third-order valence-corrected chi connectivity index (χ3v) is 3.10. The highest BCUT2D eigenvalue weighted by Crippen LogP contribution is 2.28. The van der Waals surface area contributed by atoms with Crippen molar-refractivity contribution in [3.8, 4) is 0 Å². The van der Waals surface area contributed by atoms with E-state index in [-0.39, 0.29) is 0 Å². The Kier molecular flexibility index (Phi) is 4.35. The van der Waals surface area contributed by atoms with Gasteiger partial charge in [-0.15, -0.1) is 0 Å². The van der Waals surface area contributed by atoms with Gasteiger partial charge in [0.05, 0.1) is 0 Å². The fourth-order valence-electron chi connectivity index (χ4n) is 2.08. The molecule has 19 heavy (non-hydrogen) atoms. The van der Waals surface area contributed by atoms with Gasteiger partial charge in [-0.1, -0.05) is 39.0 Å². The third kappa shape index (κ3) is 3.56. The maximum atomic E-state index is 12.2. The zero-order chi connectivity index (χ0) is 14.8. The lowest BCUT2D eigenvalue weighted by atomic mass is 9.80. The quantitative estimate of drug-likeness (QED) is 0.824. The molecule has 0 radical (unpaired) electrons. The topological polar surface area (TPSA) is 66.4 Å². The summed E-state index contributed by atoms with van der Waals surface area (Å²) in [5.41, 5.74) is 1.91. The van der Waals surface area contributed by atoms with Crippen LogP contribution in [-0.4, -0.2) is 17.0 Å². The van der Waals surface area contributed by atoms with Crippen molar-refractivity contribution in [2.45, 2.75) is 34.6 Å². The molecule has 1 aromatic carbocycles. The van der Waals surface area contributed by atoms with Crippen LogP contribution in [0.15, 0.2) is 18.2 Å². The summed E-state index contributed by atoms with van der Waals surface area (Å²) in [4.78, 5) is 23.5. The lowest BCUT2D eigenvalue weighted by molar-refractivity contribution is -0.149. The summed E-state index contributed by atoms with van der Waals surface area (Å²) in [5, 5.41) is 12.0. The van der Waals surface area contributed by atoms with Crippen LogP contribution in [0.25, 0.3) is 0 Å². The SMILES string of the molecule is Cc1cccc(C)c1NC(=O)C(C(=O)O)C(C)(C)C. The highest BCUT2D eigenvalue weighted by atomic mass is 16.4. The van der Waals surface area contributed by atoms with E-state index in [0.717, 1.165) is 11.1 Å². The molecule has 0 heterocycles. The number of carboxylic acid groups (broad SMARTS) is 1. The summed E-state index contributed by atoms with van der Waals surface area (Å²) >= 11 is 0. The van der Waals surface area contributed by atoms with Crippen LogP contribution in [0.3, 0.4) is 0 Å². The van der Waals surface area contributed by atoms with Crippen LogP contribution in [0.4, 0.5) is 5.69 Å². The number of hydrogen-bond donors (Lipinski definition) is 2. The highest BCUT2D eigenvalue weighted by Gasteiger charge is 2.37. The molecule has 0 bridgehead atoms. The Labute approximate surface area is 113 Å². The van der Waals surface area contributed by atoms with E-state index >= 15 is 0 Å². The molecule has 4 nitrogen and oxygen atoms in total. The lowest BCUT2D eigenvalue weighted by Crippen LogP contribution is -2.39. The van der Waals surface area contributed by atoms with Gasteiger partial charge in [-0.05, 0) is 30.4 Å². The Hall–Kier alpha value is -1.84. The normalized spacial score (nSPS) is 12.9. The number of carbonyl (C=O) groups is 2. The molecule has 2 N–H and O–H groups in total. The number of aryl methyl sites for hydroxylation is 2. The molecular formula is C15H21NO3. The van der Waals surface area contributed by atoms with Crippen molar-refractivity contribution in [3.05, 3.63) is 29.3 Å². The van der Waals surface area contributed by atoms with Crippen molar-refractivity contribution in [1.29, 1.82) is 0 Å². The van der Waals surface area contributed by atoms with E-state index in [4.69, 9.17) is 0 Å². The van der Waals surface area contributed by atoms with Crippen LogP contribution < -0.4 is 5.32 Å². The maximum absolute atomic E-state index is 12.2. The Morgan fingerprint density at radius 1 is 1.16 bits per heavy atom. The minimum atomic E-state index is -1.10. The van der Waals surface area contributed by atoms with Crippen LogP contribution in [0, 0.1) is 25.2 Å². The predicted octanol–water partition coefficient (Wildman–Crippen LogP) is 2.99. The van der Waals surface area contributed by atoms with Crippen molar-refractivity contribution in [3.63, 3.8) is 0 Å². The zero-order valence-corrected chi connectivity index (χ0v) is 12.1. The number of anilines is 1. The van der Waals surface area contributed by atoms with E-state index in [2.05, 4.69) is 5.32 Å². The largest absolute Gasteiger partial charge is 0.481 e. The molecule has 0 aliphatic carbocycles. The molecule has 1 unspecified atom stereocenters. The first-order chi connectivity index (χ1) is 8.64. The Morgan fingerprint density at radius 2 is 1.63 bits per heavy atom. The first-order valence-electron chi connectivity index (χ1n) is 6.24. The number of carboxylic acids is 1. The van der Waals surface area contributed by atoms with Gasteiger partial charge in [-0.3, -0.25) is 9.59 Å². The number of hydrogen-bond acceptors (Lipinski definition) is 2. The molecule has 104 valence electrons. The number of para-hydroxylation sites is 1. The summed E-state index contributed by atoms with van der Waals surface area (Å²) in [6.07, 6.45) is 0. The fraction of sp³-hybridized carbons (Fsp3) is 0.467. The molecule has 1 atom stereocenters. The van der Waals surface area contributed by atoms with E-state index in [9.17, 15) is 14.7 Å². The van der Waals surface area contributed by atoms with Crippen molar-refractivity contribution in [2.24, 2.45) is 11.3 Å². The van der Waals surface area contributed by atoms with Gasteiger partial charge in [0.15, 0.2) is 0 Å². The van der Waals surface area contributed by atoms with Gasteiger partial charge in [0, 0.05) is 5.69 Å². The van der Waals surface area contributed by atoms with Gasteiger partial charge < -0.3 is 10.4 Å². The van der Waals surface area contributed by atoms with Crippen LogP contribution in [-0.2, 0) is 9.59 Å². The summed E-state index contributed by atoms with van der Waals surface area (Å²) < 4.78 is 0. The van der Waals surface area contributed by atoms with Crippen LogP contribution in [0.1, 0.15) is 31.9 Å². The molecule has 1 aromatic rings. The Bertz CT molecular complexity index is 480. The monoisotopic (exact) mass is 263 g/mol. The molecule has 1 amide bonds. The lowest BCUT2D eigenvalue weighted by Gasteiger charge is -2.26. The van der Waals surface area contributed by atoms with E-state index in [1.165, 1.54) is 0 Å². The third-order valence-electron chi connectivity index (χ3n) is 3.10. The summed E-state index contributed by atoms with van der Waals surface area (Å²) in [5.74, 6) is -2.65. The number of benzene rings is 1. The van der Waals surface area contributed by atoms with Crippen molar-refractivity contribution in [2.75, 3.05) is 5.32 Å². The van der Waals surface area contributed by atoms with Crippen LogP contribution >= 0.6 is 0 Å². The Balaban J connectivity index is 3.05. The smallest absolute Gasteiger partial charge is 0.316 e. The Morgan fingerprint density at radius 3 is 2.00 bits per heavy atom. The second-order valence-corrected chi connectivity index (χ2v) is 5.89. The number of rotatable bonds is 3. The molecular weight excluding hydrogens is 242 g/mol. The first-order valence-corrected chi connectivity index (χ1v) is 6.24. The van der Waals surface area contributed by atoms with Gasteiger partial charge in [-0.2, -0.15) is 0 Å². The van der Waals surface area contributed by atoms with Gasteiger partial charge in [0.1, 0.15) is 5.92 Å². The summed E-state index contributed by atoms with van der Waals surface area (Å²) in [6, 6.07) is 5.67. The summed E-state index contributed by atoms with van der Waals surface area (Å²) in [6.45, 7) is 9.01. The van der Waals surface area contributed by atoms with Crippen molar-refractivity contribution >= 4 is 17.6 Å². The van der Waals surface area contributed by atoms with Crippen LogP contribution in [0.2, 0.25) is 0 Å². The van der Waals surface area contributed by atoms with E-state index in [1.54, 1.807) is 20.8 Å². The van der Waals surface area contributed by atoms with Crippen LogP contribution in [0.5, 0.6) is 0 Å². The maximum Gasteiger partial charge on any atom is 0.316 e. The van der Waals surface area contributed by atoms with Crippen molar-refractivity contribution in [1.82, 2.24) is 0 Å². The number of carbonyl (C=O) groups excluding carboxylic acids is 1. The van der Waals surface area contributed by atoms with E-state index < -0.39 is 23.2 Å². The molecule has 0 saturated carbocycles. The number of nitrogens with one attached hydrogen (secondary N) is 1. The minimum absolute atomic E-state index is 0.475. The van der Waals surface area contributed by atoms with Gasteiger partial charge >= 0.3 is 5.97 Å².